The average Bonchev–Trinajstić information content (AvgIpc) is 2.52. The third kappa shape index (κ3) is 4.07. The van der Waals surface area contributed by atoms with Crippen LogP contribution in [0.15, 0.2) is 48.7 Å². The van der Waals surface area contributed by atoms with E-state index in [9.17, 15) is 0 Å². The first kappa shape index (κ1) is 14.5. The number of nitrogens with two attached hydrogens (primary N) is 1. The van der Waals surface area contributed by atoms with Gasteiger partial charge < -0.3 is 10.5 Å². The number of ether oxygens (including phenoxy) is 1. The van der Waals surface area contributed by atoms with E-state index >= 15 is 0 Å². The first-order valence-electron chi connectivity index (χ1n) is 7.16. The summed E-state index contributed by atoms with van der Waals surface area (Å²) in [6, 6.07) is 14.2. The van der Waals surface area contributed by atoms with Crippen LogP contribution in [0.4, 0.5) is 0 Å². The van der Waals surface area contributed by atoms with E-state index in [1.807, 2.05) is 36.5 Å². The van der Waals surface area contributed by atoms with Crippen molar-refractivity contribution in [2.45, 2.75) is 25.7 Å². The molecule has 1 unspecified atom stereocenters. The van der Waals surface area contributed by atoms with Crippen molar-refractivity contribution in [1.82, 2.24) is 4.98 Å². The zero-order chi connectivity index (χ0) is 14.2. The van der Waals surface area contributed by atoms with Gasteiger partial charge in [-0.2, -0.15) is 0 Å². The van der Waals surface area contributed by atoms with Crippen LogP contribution in [0, 0.1) is 0 Å². The molecule has 0 aliphatic heterocycles. The highest BCUT2D eigenvalue weighted by atomic mass is 16.5. The van der Waals surface area contributed by atoms with Crippen molar-refractivity contribution >= 4 is 0 Å². The first-order chi connectivity index (χ1) is 9.83. The standard InChI is InChI=1S/C17H22N2O/c1-2-11-20-16-8-6-14(7-9-16)12-15(13-18)17-5-3-4-10-19-17/h3-10,15H,2,11-13,18H2,1H3. The summed E-state index contributed by atoms with van der Waals surface area (Å²) in [5.74, 6) is 1.19. The molecule has 3 heteroatoms. The van der Waals surface area contributed by atoms with Gasteiger partial charge in [-0.3, -0.25) is 4.98 Å². The van der Waals surface area contributed by atoms with Crippen LogP contribution in [0.5, 0.6) is 5.75 Å². The van der Waals surface area contributed by atoms with E-state index in [0.717, 1.165) is 30.9 Å². The molecule has 1 heterocycles. The lowest BCUT2D eigenvalue weighted by atomic mass is 9.96. The second-order valence-electron chi connectivity index (χ2n) is 4.88. The average molecular weight is 270 g/mol. The van der Waals surface area contributed by atoms with Gasteiger partial charge in [-0.15, -0.1) is 0 Å². The molecule has 0 aliphatic carbocycles. The molecule has 1 aromatic carbocycles. The maximum Gasteiger partial charge on any atom is 0.119 e. The lowest BCUT2D eigenvalue weighted by Gasteiger charge is -2.14. The Morgan fingerprint density at radius 3 is 2.55 bits per heavy atom. The van der Waals surface area contributed by atoms with Crippen LogP contribution in [-0.4, -0.2) is 18.1 Å². The van der Waals surface area contributed by atoms with Crippen molar-refractivity contribution in [3.8, 4) is 5.75 Å². The molecule has 0 radical (unpaired) electrons. The van der Waals surface area contributed by atoms with Crippen LogP contribution in [0.2, 0.25) is 0 Å². The minimum absolute atomic E-state index is 0.263. The van der Waals surface area contributed by atoms with Gasteiger partial charge in [0, 0.05) is 24.4 Å². The summed E-state index contributed by atoms with van der Waals surface area (Å²) in [4.78, 5) is 4.40. The maximum absolute atomic E-state index is 5.88. The van der Waals surface area contributed by atoms with Crippen LogP contribution in [0.3, 0.4) is 0 Å². The van der Waals surface area contributed by atoms with Crippen molar-refractivity contribution in [2.24, 2.45) is 5.73 Å². The second-order valence-corrected chi connectivity index (χ2v) is 4.88. The Labute approximate surface area is 120 Å². The van der Waals surface area contributed by atoms with E-state index in [2.05, 4.69) is 24.0 Å². The fraction of sp³-hybridized carbons (Fsp3) is 0.353. The van der Waals surface area contributed by atoms with Gasteiger partial charge in [0.15, 0.2) is 0 Å². The lowest BCUT2D eigenvalue weighted by Crippen LogP contribution is -2.16. The molecule has 2 aromatic rings. The third-order valence-corrected chi connectivity index (χ3v) is 3.27. The maximum atomic E-state index is 5.88. The molecule has 0 saturated carbocycles. The lowest BCUT2D eigenvalue weighted by molar-refractivity contribution is 0.317. The summed E-state index contributed by atoms with van der Waals surface area (Å²) in [5, 5.41) is 0. The van der Waals surface area contributed by atoms with Crippen molar-refractivity contribution in [3.63, 3.8) is 0 Å². The van der Waals surface area contributed by atoms with Crippen LogP contribution < -0.4 is 10.5 Å². The molecular weight excluding hydrogens is 248 g/mol. The minimum Gasteiger partial charge on any atom is -0.494 e. The number of hydrogen-bond donors (Lipinski definition) is 1. The molecule has 0 aliphatic rings. The van der Waals surface area contributed by atoms with Gasteiger partial charge in [0.05, 0.1) is 6.61 Å². The smallest absolute Gasteiger partial charge is 0.119 e. The molecule has 0 spiro atoms. The summed E-state index contributed by atoms with van der Waals surface area (Å²) in [7, 11) is 0. The van der Waals surface area contributed by atoms with E-state index in [1.54, 1.807) is 0 Å². The highest BCUT2D eigenvalue weighted by molar-refractivity contribution is 5.28. The normalized spacial score (nSPS) is 12.1. The number of benzene rings is 1. The van der Waals surface area contributed by atoms with Crippen molar-refractivity contribution in [2.75, 3.05) is 13.2 Å². The molecule has 2 rings (SSSR count). The SMILES string of the molecule is CCCOc1ccc(CC(CN)c2ccccn2)cc1. The molecule has 20 heavy (non-hydrogen) atoms. The predicted molar refractivity (Wildman–Crippen MR) is 82.0 cm³/mol. The molecule has 0 fully saturated rings. The summed E-state index contributed by atoms with van der Waals surface area (Å²) in [6.45, 7) is 3.47. The van der Waals surface area contributed by atoms with Crippen molar-refractivity contribution in [3.05, 3.63) is 59.9 Å². The van der Waals surface area contributed by atoms with Gasteiger partial charge in [0.25, 0.3) is 0 Å². The van der Waals surface area contributed by atoms with E-state index in [0.29, 0.717) is 6.54 Å². The third-order valence-electron chi connectivity index (χ3n) is 3.27. The summed E-state index contributed by atoms with van der Waals surface area (Å²) in [5.41, 5.74) is 8.20. The molecule has 0 saturated heterocycles. The first-order valence-corrected chi connectivity index (χ1v) is 7.16. The summed E-state index contributed by atoms with van der Waals surface area (Å²) in [6.07, 6.45) is 3.75. The zero-order valence-corrected chi connectivity index (χ0v) is 12.0. The fourth-order valence-electron chi connectivity index (χ4n) is 2.15. The van der Waals surface area contributed by atoms with Crippen LogP contribution >= 0.6 is 0 Å². The Kier molecular flexibility index (Phi) is 5.56. The Morgan fingerprint density at radius 2 is 1.95 bits per heavy atom. The topological polar surface area (TPSA) is 48.1 Å². The molecule has 3 nitrogen and oxygen atoms in total. The van der Waals surface area contributed by atoms with Crippen LogP contribution in [0.1, 0.15) is 30.5 Å². The number of aromatic nitrogens is 1. The largest absolute Gasteiger partial charge is 0.494 e. The van der Waals surface area contributed by atoms with Crippen LogP contribution in [-0.2, 0) is 6.42 Å². The van der Waals surface area contributed by atoms with Gasteiger partial charge in [-0.05, 0) is 42.7 Å². The number of nitrogens with zero attached hydrogens (tertiary/aromatic N) is 1. The van der Waals surface area contributed by atoms with Gasteiger partial charge in [0.2, 0.25) is 0 Å². The molecule has 1 atom stereocenters. The van der Waals surface area contributed by atoms with Crippen LogP contribution in [0.25, 0.3) is 0 Å². The molecule has 106 valence electrons. The summed E-state index contributed by atoms with van der Waals surface area (Å²) >= 11 is 0. The predicted octanol–water partition coefficient (Wildman–Crippen LogP) is 3.16. The van der Waals surface area contributed by atoms with E-state index in [-0.39, 0.29) is 5.92 Å². The number of pyridine rings is 1. The Morgan fingerprint density at radius 1 is 1.15 bits per heavy atom. The number of hydrogen-bond acceptors (Lipinski definition) is 3. The van der Waals surface area contributed by atoms with E-state index in [1.165, 1.54) is 5.56 Å². The zero-order valence-electron chi connectivity index (χ0n) is 12.0. The summed E-state index contributed by atoms with van der Waals surface area (Å²) < 4.78 is 5.59. The minimum atomic E-state index is 0.263. The molecule has 1 aromatic heterocycles. The van der Waals surface area contributed by atoms with Gasteiger partial charge in [-0.1, -0.05) is 25.1 Å². The quantitative estimate of drug-likeness (QED) is 0.840. The Bertz CT molecular complexity index is 496. The Balaban J connectivity index is 2.01. The second kappa shape index (κ2) is 7.65. The van der Waals surface area contributed by atoms with Crippen molar-refractivity contribution < 1.29 is 4.74 Å². The van der Waals surface area contributed by atoms with E-state index in [4.69, 9.17) is 10.5 Å². The number of rotatable bonds is 7. The van der Waals surface area contributed by atoms with Gasteiger partial charge >= 0.3 is 0 Å². The molecule has 0 bridgehead atoms. The molecular formula is C17H22N2O. The van der Waals surface area contributed by atoms with E-state index < -0.39 is 0 Å². The van der Waals surface area contributed by atoms with Gasteiger partial charge in [0.1, 0.15) is 5.75 Å². The Hall–Kier alpha value is -1.87. The highest BCUT2D eigenvalue weighted by Crippen LogP contribution is 2.20. The molecule has 0 amide bonds. The van der Waals surface area contributed by atoms with Crippen molar-refractivity contribution in [1.29, 1.82) is 0 Å². The highest BCUT2D eigenvalue weighted by Gasteiger charge is 2.11. The molecule has 2 N–H and O–H groups in total. The van der Waals surface area contributed by atoms with Gasteiger partial charge in [-0.25, -0.2) is 0 Å². The fourth-order valence-corrected chi connectivity index (χ4v) is 2.15. The monoisotopic (exact) mass is 270 g/mol.